The average molecular weight is 352 g/mol. The Morgan fingerprint density at radius 3 is 2.67 bits per heavy atom. The quantitative estimate of drug-likeness (QED) is 0.801. The van der Waals surface area contributed by atoms with Crippen LogP contribution in [0.3, 0.4) is 0 Å². The lowest BCUT2D eigenvalue weighted by atomic mass is 10.0. The molecule has 0 bridgehead atoms. The molecule has 1 amide bonds. The molecule has 0 aliphatic carbocycles. The molecule has 24 heavy (non-hydrogen) atoms. The number of aromatic nitrogens is 1. The predicted molar refractivity (Wildman–Crippen MR) is 90.0 cm³/mol. The van der Waals surface area contributed by atoms with E-state index >= 15 is 0 Å². The van der Waals surface area contributed by atoms with E-state index in [9.17, 15) is 13.2 Å². The van der Waals surface area contributed by atoms with E-state index in [0.717, 1.165) is 25.1 Å². The highest BCUT2D eigenvalue weighted by Crippen LogP contribution is 2.23. The number of sulfone groups is 1. The molecule has 0 aromatic carbocycles. The maximum absolute atomic E-state index is 12.9. The van der Waals surface area contributed by atoms with E-state index in [1.807, 2.05) is 18.2 Å². The van der Waals surface area contributed by atoms with E-state index in [-0.39, 0.29) is 29.4 Å². The predicted octanol–water partition coefficient (Wildman–Crippen LogP) is 1.41. The SMILES string of the molecule is O=C(C1CCS(=O)(=O)CC1)N(Cc1ccccn1)CC1CCCO1. The molecule has 7 heteroatoms. The molecule has 1 unspecified atom stereocenters. The van der Waals surface area contributed by atoms with Gasteiger partial charge in [-0.1, -0.05) is 6.07 Å². The number of pyridine rings is 1. The molecule has 2 fully saturated rings. The van der Waals surface area contributed by atoms with Crippen molar-refractivity contribution in [3.05, 3.63) is 30.1 Å². The molecule has 2 aliphatic heterocycles. The van der Waals surface area contributed by atoms with Crippen LogP contribution in [0.25, 0.3) is 0 Å². The van der Waals surface area contributed by atoms with Gasteiger partial charge in [-0.2, -0.15) is 0 Å². The third-order valence-electron chi connectivity index (χ3n) is 4.74. The first-order chi connectivity index (χ1) is 11.5. The van der Waals surface area contributed by atoms with E-state index in [1.54, 1.807) is 11.1 Å². The highest BCUT2D eigenvalue weighted by Gasteiger charge is 2.32. The molecule has 0 N–H and O–H groups in total. The molecule has 2 saturated heterocycles. The maximum Gasteiger partial charge on any atom is 0.226 e. The fraction of sp³-hybridized carbons (Fsp3) is 0.647. The molecule has 0 spiro atoms. The molecular weight excluding hydrogens is 328 g/mol. The zero-order valence-electron chi connectivity index (χ0n) is 13.8. The Bertz CT molecular complexity index is 642. The molecule has 3 rings (SSSR count). The summed E-state index contributed by atoms with van der Waals surface area (Å²) in [6.07, 6.45) is 4.63. The fourth-order valence-corrected chi connectivity index (χ4v) is 4.84. The van der Waals surface area contributed by atoms with Crippen LogP contribution in [-0.4, -0.2) is 55.0 Å². The van der Waals surface area contributed by atoms with Crippen LogP contribution < -0.4 is 0 Å². The van der Waals surface area contributed by atoms with Crippen LogP contribution in [0.15, 0.2) is 24.4 Å². The van der Waals surface area contributed by atoms with Crippen LogP contribution in [-0.2, 0) is 25.9 Å². The van der Waals surface area contributed by atoms with Gasteiger partial charge in [0.25, 0.3) is 0 Å². The van der Waals surface area contributed by atoms with Crippen molar-refractivity contribution in [1.82, 2.24) is 9.88 Å². The van der Waals surface area contributed by atoms with Crippen LogP contribution in [0.5, 0.6) is 0 Å². The molecule has 6 nitrogen and oxygen atoms in total. The molecular formula is C17H24N2O4S. The number of hydrogen-bond acceptors (Lipinski definition) is 5. The van der Waals surface area contributed by atoms with Gasteiger partial charge in [-0.05, 0) is 37.8 Å². The zero-order chi connectivity index (χ0) is 17.0. The first kappa shape index (κ1) is 17.4. The summed E-state index contributed by atoms with van der Waals surface area (Å²) in [7, 11) is -2.96. The smallest absolute Gasteiger partial charge is 0.226 e. The second-order valence-electron chi connectivity index (χ2n) is 6.60. The Kier molecular flexibility index (Phi) is 5.50. The number of rotatable bonds is 5. The molecule has 132 valence electrons. The van der Waals surface area contributed by atoms with E-state index in [4.69, 9.17) is 4.74 Å². The summed E-state index contributed by atoms with van der Waals surface area (Å²) < 4.78 is 28.9. The first-order valence-electron chi connectivity index (χ1n) is 8.54. The Balaban J connectivity index is 1.69. The van der Waals surface area contributed by atoms with Gasteiger partial charge in [-0.3, -0.25) is 9.78 Å². The van der Waals surface area contributed by atoms with Crippen LogP contribution >= 0.6 is 0 Å². The summed E-state index contributed by atoms with van der Waals surface area (Å²) in [4.78, 5) is 19.1. The lowest BCUT2D eigenvalue weighted by molar-refractivity contribution is -0.138. The summed E-state index contributed by atoms with van der Waals surface area (Å²) in [6.45, 7) is 1.75. The second kappa shape index (κ2) is 7.61. The van der Waals surface area contributed by atoms with Gasteiger partial charge >= 0.3 is 0 Å². The largest absolute Gasteiger partial charge is 0.376 e. The Labute approximate surface area is 143 Å². The topological polar surface area (TPSA) is 76.6 Å². The van der Waals surface area contributed by atoms with E-state index in [0.29, 0.717) is 25.9 Å². The Morgan fingerprint density at radius 2 is 2.04 bits per heavy atom. The number of hydrogen-bond donors (Lipinski definition) is 0. The normalized spacial score (nSPS) is 23.9. The number of amides is 1. The zero-order valence-corrected chi connectivity index (χ0v) is 14.6. The standard InChI is InChI=1S/C17H24N2O4S/c20-17(14-6-10-24(21,22)11-7-14)19(13-16-5-3-9-23-16)12-15-4-1-2-8-18-15/h1-2,4,8,14,16H,3,5-7,9-13H2. The monoisotopic (exact) mass is 352 g/mol. The Morgan fingerprint density at radius 1 is 1.25 bits per heavy atom. The second-order valence-corrected chi connectivity index (χ2v) is 8.90. The van der Waals surface area contributed by atoms with Crippen molar-refractivity contribution in [3.63, 3.8) is 0 Å². The molecule has 0 saturated carbocycles. The van der Waals surface area contributed by atoms with E-state index in [2.05, 4.69) is 4.98 Å². The van der Waals surface area contributed by atoms with E-state index < -0.39 is 9.84 Å². The van der Waals surface area contributed by atoms with Gasteiger partial charge in [0.2, 0.25) is 5.91 Å². The van der Waals surface area contributed by atoms with Crippen molar-refractivity contribution in [2.75, 3.05) is 24.7 Å². The third kappa shape index (κ3) is 4.54. The molecule has 3 heterocycles. The third-order valence-corrected chi connectivity index (χ3v) is 6.46. The number of carbonyl (C=O) groups excluding carboxylic acids is 1. The molecule has 0 radical (unpaired) electrons. The average Bonchev–Trinajstić information content (AvgIpc) is 3.08. The lowest BCUT2D eigenvalue weighted by Gasteiger charge is -2.30. The van der Waals surface area contributed by atoms with E-state index in [1.165, 1.54) is 0 Å². The van der Waals surface area contributed by atoms with Gasteiger partial charge in [0.05, 0.1) is 29.8 Å². The van der Waals surface area contributed by atoms with Gasteiger partial charge in [-0.25, -0.2) is 8.42 Å². The lowest BCUT2D eigenvalue weighted by Crippen LogP contribution is -2.42. The highest BCUT2D eigenvalue weighted by molar-refractivity contribution is 7.91. The Hall–Kier alpha value is -1.47. The first-order valence-corrected chi connectivity index (χ1v) is 10.4. The van der Waals surface area contributed by atoms with Crippen molar-refractivity contribution in [2.45, 2.75) is 38.3 Å². The maximum atomic E-state index is 12.9. The van der Waals surface area contributed by atoms with Gasteiger partial charge < -0.3 is 9.64 Å². The summed E-state index contributed by atoms with van der Waals surface area (Å²) in [5, 5.41) is 0. The van der Waals surface area contributed by atoms with Crippen LogP contribution in [0.1, 0.15) is 31.4 Å². The van der Waals surface area contributed by atoms with Gasteiger partial charge in [0.1, 0.15) is 9.84 Å². The minimum atomic E-state index is -2.96. The summed E-state index contributed by atoms with van der Waals surface area (Å²) in [6, 6.07) is 5.66. The highest BCUT2D eigenvalue weighted by atomic mass is 32.2. The van der Waals surface area contributed by atoms with Crippen molar-refractivity contribution >= 4 is 15.7 Å². The summed E-state index contributed by atoms with van der Waals surface area (Å²) in [5.41, 5.74) is 0.840. The summed E-state index contributed by atoms with van der Waals surface area (Å²) in [5.74, 6) is 0.0475. The molecule has 2 aliphatic rings. The van der Waals surface area contributed by atoms with Crippen LogP contribution in [0.4, 0.5) is 0 Å². The van der Waals surface area contributed by atoms with Crippen LogP contribution in [0, 0.1) is 5.92 Å². The summed E-state index contributed by atoms with van der Waals surface area (Å²) >= 11 is 0. The van der Waals surface area contributed by atoms with Crippen molar-refractivity contribution in [1.29, 1.82) is 0 Å². The molecule has 1 atom stereocenters. The minimum Gasteiger partial charge on any atom is -0.376 e. The minimum absolute atomic E-state index is 0.0334. The molecule has 1 aromatic rings. The van der Waals surface area contributed by atoms with Crippen molar-refractivity contribution in [3.8, 4) is 0 Å². The van der Waals surface area contributed by atoms with Gasteiger partial charge in [0, 0.05) is 25.3 Å². The van der Waals surface area contributed by atoms with Crippen LogP contribution in [0.2, 0.25) is 0 Å². The fourth-order valence-electron chi connectivity index (χ4n) is 3.35. The van der Waals surface area contributed by atoms with Gasteiger partial charge in [-0.15, -0.1) is 0 Å². The molecule has 1 aromatic heterocycles. The number of nitrogens with zero attached hydrogens (tertiary/aromatic N) is 2. The van der Waals surface area contributed by atoms with Gasteiger partial charge in [0.15, 0.2) is 0 Å². The van der Waals surface area contributed by atoms with Crippen molar-refractivity contribution in [2.24, 2.45) is 5.92 Å². The number of carbonyl (C=O) groups is 1. The van der Waals surface area contributed by atoms with Crippen molar-refractivity contribution < 1.29 is 17.9 Å². The number of ether oxygens (including phenoxy) is 1.